The Hall–Kier alpha value is -1.90. The van der Waals surface area contributed by atoms with E-state index in [2.05, 4.69) is 4.98 Å². The topological polar surface area (TPSA) is 38.9 Å². The Bertz CT molecular complexity index is 535. The average Bonchev–Trinajstić information content (AvgIpc) is 2.23. The lowest BCUT2D eigenvalue weighted by Crippen LogP contribution is -1.95. The molecule has 0 unspecified atom stereocenters. The summed E-state index contributed by atoms with van der Waals surface area (Å²) in [5.74, 6) is -0.132. The Morgan fingerprint density at radius 2 is 1.94 bits per heavy atom. The van der Waals surface area contributed by atoms with E-state index in [1.165, 1.54) is 12.3 Å². The van der Waals surface area contributed by atoms with Crippen LogP contribution in [-0.2, 0) is 0 Å². The van der Waals surface area contributed by atoms with Crippen molar-refractivity contribution in [3.63, 3.8) is 0 Å². The monoisotopic (exact) mass is 216 g/mol. The van der Waals surface area contributed by atoms with Crippen LogP contribution in [0.25, 0.3) is 11.1 Å². The Balaban J connectivity index is 2.63. The van der Waals surface area contributed by atoms with Crippen molar-refractivity contribution in [1.29, 1.82) is 0 Å². The number of benzene rings is 1. The second kappa shape index (κ2) is 3.93. The van der Waals surface area contributed by atoms with E-state index < -0.39 is 0 Å². The van der Waals surface area contributed by atoms with Crippen LogP contribution in [0.3, 0.4) is 0 Å². The van der Waals surface area contributed by atoms with E-state index in [-0.39, 0.29) is 11.6 Å². The van der Waals surface area contributed by atoms with Crippen molar-refractivity contribution in [2.45, 2.75) is 13.8 Å². The Labute approximate surface area is 93.9 Å². The Kier molecular flexibility index (Phi) is 2.60. The number of aromatic nitrogens is 1. The maximum Gasteiger partial charge on any atom is 0.136 e. The van der Waals surface area contributed by atoms with Crippen molar-refractivity contribution in [3.05, 3.63) is 47.4 Å². The van der Waals surface area contributed by atoms with Crippen molar-refractivity contribution >= 4 is 5.82 Å². The number of rotatable bonds is 1. The molecule has 2 nitrogen and oxygen atoms in total. The number of aryl methyl sites for hydroxylation is 1. The molecule has 0 spiro atoms. The van der Waals surface area contributed by atoms with Crippen LogP contribution in [0, 0.1) is 19.7 Å². The Morgan fingerprint density at radius 3 is 2.62 bits per heavy atom. The molecule has 0 fully saturated rings. The van der Waals surface area contributed by atoms with Gasteiger partial charge in [0.15, 0.2) is 0 Å². The number of hydrogen-bond acceptors (Lipinski definition) is 2. The normalized spacial score (nSPS) is 10.4. The van der Waals surface area contributed by atoms with Gasteiger partial charge in [-0.05, 0) is 30.5 Å². The number of anilines is 1. The fourth-order valence-corrected chi connectivity index (χ4v) is 1.69. The zero-order valence-electron chi connectivity index (χ0n) is 9.29. The highest BCUT2D eigenvalue weighted by atomic mass is 19.1. The van der Waals surface area contributed by atoms with Crippen molar-refractivity contribution < 1.29 is 4.39 Å². The van der Waals surface area contributed by atoms with Gasteiger partial charge < -0.3 is 5.73 Å². The summed E-state index contributed by atoms with van der Waals surface area (Å²) in [5.41, 5.74) is 8.98. The van der Waals surface area contributed by atoms with E-state index in [0.29, 0.717) is 5.56 Å². The lowest BCUT2D eigenvalue weighted by molar-refractivity contribution is 0.630. The van der Waals surface area contributed by atoms with Gasteiger partial charge in [0.1, 0.15) is 11.6 Å². The number of nitrogens with two attached hydrogens (primary N) is 1. The number of hydrogen-bond donors (Lipinski definition) is 1. The van der Waals surface area contributed by atoms with Gasteiger partial charge in [0.2, 0.25) is 0 Å². The summed E-state index contributed by atoms with van der Waals surface area (Å²) in [5, 5.41) is 0. The summed E-state index contributed by atoms with van der Waals surface area (Å²) < 4.78 is 13.7. The van der Waals surface area contributed by atoms with E-state index in [9.17, 15) is 4.39 Å². The van der Waals surface area contributed by atoms with Gasteiger partial charge in [-0.3, -0.25) is 0 Å². The fraction of sp³-hybridized carbons (Fsp3) is 0.154. The first kappa shape index (κ1) is 10.6. The summed E-state index contributed by atoms with van der Waals surface area (Å²) in [6, 6.07) is 7.05. The van der Waals surface area contributed by atoms with E-state index >= 15 is 0 Å². The molecule has 0 bridgehead atoms. The highest BCUT2D eigenvalue weighted by molar-refractivity contribution is 5.69. The summed E-state index contributed by atoms with van der Waals surface area (Å²) in [7, 11) is 0. The quantitative estimate of drug-likeness (QED) is 0.795. The zero-order chi connectivity index (χ0) is 11.7. The third-order valence-electron chi connectivity index (χ3n) is 2.77. The first-order valence-corrected chi connectivity index (χ1v) is 5.07. The second-order valence-corrected chi connectivity index (χ2v) is 3.84. The largest absolute Gasteiger partial charge is 0.384 e. The summed E-state index contributed by atoms with van der Waals surface area (Å²) in [6.07, 6.45) is 1.48. The molecular formula is C13H13FN2. The third-order valence-corrected chi connectivity index (χ3v) is 2.77. The molecule has 0 amide bonds. The van der Waals surface area contributed by atoms with Crippen LogP contribution < -0.4 is 5.73 Å². The maximum atomic E-state index is 13.7. The predicted octanol–water partition coefficient (Wildman–Crippen LogP) is 3.09. The van der Waals surface area contributed by atoms with Crippen molar-refractivity contribution in [2.75, 3.05) is 5.73 Å². The molecule has 0 aliphatic heterocycles. The molecule has 16 heavy (non-hydrogen) atoms. The van der Waals surface area contributed by atoms with E-state index in [0.717, 1.165) is 16.7 Å². The SMILES string of the molecule is Cc1cccc(-c2cnc(N)cc2F)c1C. The molecule has 82 valence electrons. The van der Waals surface area contributed by atoms with Gasteiger partial charge in [-0.2, -0.15) is 0 Å². The van der Waals surface area contributed by atoms with Gasteiger partial charge in [-0.1, -0.05) is 18.2 Å². The third kappa shape index (κ3) is 1.76. The van der Waals surface area contributed by atoms with Crippen LogP contribution in [0.5, 0.6) is 0 Å². The van der Waals surface area contributed by atoms with Crippen molar-refractivity contribution in [3.8, 4) is 11.1 Å². The Morgan fingerprint density at radius 1 is 1.19 bits per heavy atom. The number of nitrogens with zero attached hydrogens (tertiary/aromatic N) is 1. The number of pyridine rings is 1. The molecular weight excluding hydrogens is 203 g/mol. The van der Waals surface area contributed by atoms with Crippen molar-refractivity contribution in [1.82, 2.24) is 4.98 Å². The smallest absolute Gasteiger partial charge is 0.136 e. The average molecular weight is 216 g/mol. The van der Waals surface area contributed by atoms with E-state index in [4.69, 9.17) is 5.73 Å². The summed E-state index contributed by atoms with van der Waals surface area (Å²) >= 11 is 0. The molecule has 3 heteroatoms. The molecule has 1 aromatic heterocycles. The lowest BCUT2D eigenvalue weighted by atomic mass is 9.98. The van der Waals surface area contributed by atoms with Gasteiger partial charge in [0, 0.05) is 17.8 Å². The molecule has 2 rings (SSSR count). The minimum atomic E-state index is -0.332. The minimum absolute atomic E-state index is 0.201. The van der Waals surface area contributed by atoms with Gasteiger partial charge >= 0.3 is 0 Å². The van der Waals surface area contributed by atoms with Crippen LogP contribution in [0.4, 0.5) is 10.2 Å². The zero-order valence-corrected chi connectivity index (χ0v) is 9.29. The molecule has 0 saturated heterocycles. The molecule has 0 aliphatic rings. The molecule has 2 N–H and O–H groups in total. The van der Waals surface area contributed by atoms with E-state index in [1.54, 1.807) is 0 Å². The summed E-state index contributed by atoms with van der Waals surface area (Å²) in [4.78, 5) is 3.92. The standard InChI is InChI=1S/C13H13FN2/c1-8-4-3-5-10(9(8)2)11-7-16-13(15)6-12(11)14/h3-7H,1-2H3,(H2,15,16). The first-order chi connectivity index (χ1) is 7.59. The fourth-order valence-electron chi connectivity index (χ4n) is 1.69. The van der Waals surface area contributed by atoms with Gasteiger partial charge in [-0.25, -0.2) is 9.37 Å². The highest BCUT2D eigenvalue weighted by Crippen LogP contribution is 2.27. The van der Waals surface area contributed by atoms with Crippen LogP contribution in [0.1, 0.15) is 11.1 Å². The lowest BCUT2D eigenvalue weighted by Gasteiger charge is -2.09. The summed E-state index contributed by atoms with van der Waals surface area (Å²) in [6.45, 7) is 3.97. The molecule has 0 radical (unpaired) electrons. The molecule has 2 aromatic rings. The number of nitrogen functional groups attached to an aromatic ring is 1. The molecule has 0 saturated carbocycles. The number of halogens is 1. The van der Waals surface area contributed by atoms with Gasteiger partial charge in [0.25, 0.3) is 0 Å². The van der Waals surface area contributed by atoms with Gasteiger partial charge in [0.05, 0.1) is 0 Å². The van der Waals surface area contributed by atoms with Gasteiger partial charge in [-0.15, -0.1) is 0 Å². The molecule has 0 atom stereocenters. The van der Waals surface area contributed by atoms with Crippen LogP contribution in [-0.4, -0.2) is 4.98 Å². The highest BCUT2D eigenvalue weighted by Gasteiger charge is 2.09. The second-order valence-electron chi connectivity index (χ2n) is 3.84. The van der Waals surface area contributed by atoms with Crippen LogP contribution in [0.2, 0.25) is 0 Å². The van der Waals surface area contributed by atoms with Crippen LogP contribution in [0.15, 0.2) is 30.5 Å². The van der Waals surface area contributed by atoms with E-state index in [1.807, 2.05) is 32.0 Å². The van der Waals surface area contributed by atoms with Crippen LogP contribution >= 0.6 is 0 Å². The maximum absolute atomic E-state index is 13.7. The predicted molar refractivity (Wildman–Crippen MR) is 63.5 cm³/mol. The van der Waals surface area contributed by atoms with Crippen molar-refractivity contribution in [2.24, 2.45) is 0 Å². The molecule has 1 heterocycles. The first-order valence-electron chi connectivity index (χ1n) is 5.07. The minimum Gasteiger partial charge on any atom is -0.384 e. The molecule has 0 aliphatic carbocycles. The molecule has 1 aromatic carbocycles.